The Labute approximate surface area is 97.7 Å². The minimum absolute atomic E-state index is 1.31. The standard InChI is InChI=1S/C10H8.Cl2O2S/c1-2-5-9-7-4-8-10(9)6-3-1;1-5(2,3)4/h1-8H;. The van der Waals surface area contributed by atoms with Gasteiger partial charge in [0.05, 0.1) is 0 Å². The van der Waals surface area contributed by atoms with Crippen molar-refractivity contribution in [1.82, 2.24) is 0 Å². The molecule has 80 valence electrons. The fraction of sp³-hybridized carbons (Fsp3) is 0. The SMILES string of the molecule is O=S(=O)(Cl)Cl.c1ccc2cccc-2cc1. The molecule has 0 amide bonds. The maximum atomic E-state index is 9.16. The molecule has 15 heavy (non-hydrogen) atoms. The highest BCUT2D eigenvalue weighted by Crippen LogP contribution is 2.19. The topological polar surface area (TPSA) is 34.1 Å². The third-order valence-corrected chi connectivity index (χ3v) is 1.66. The zero-order valence-corrected chi connectivity index (χ0v) is 9.93. The molecule has 0 aliphatic heterocycles. The Hall–Kier alpha value is -0.770. The zero-order chi connectivity index (χ0) is 11.3. The first-order valence-electron chi connectivity index (χ1n) is 4.05. The summed E-state index contributed by atoms with van der Waals surface area (Å²) in [6.07, 6.45) is 0. The first kappa shape index (κ1) is 12.3. The molecule has 2 aliphatic rings. The Morgan fingerprint density at radius 2 is 1.07 bits per heavy atom. The van der Waals surface area contributed by atoms with Crippen LogP contribution in [0.1, 0.15) is 0 Å². The Morgan fingerprint density at radius 1 is 0.733 bits per heavy atom. The molecule has 0 saturated carbocycles. The van der Waals surface area contributed by atoms with Crippen LogP contribution in [-0.2, 0) is 8.26 Å². The van der Waals surface area contributed by atoms with Crippen LogP contribution in [0.4, 0.5) is 0 Å². The summed E-state index contributed by atoms with van der Waals surface area (Å²) in [5, 5.41) is 0. The lowest BCUT2D eigenvalue weighted by Gasteiger charge is -1.85. The molecule has 0 fully saturated rings. The van der Waals surface area contributed by atoms with Crippen LogP contribution in [0.25, 0.3) is 11.1 Å². The van der Waals surface area contributed by atoms with Gasteiger partial charge >= 0.3 is 8.26 Å². The lowest BCUT2D eigenvalue weighted by Crippen LogP contribution is -1.63. The monoisotopic (exact) mass is 262 g/mol. The summed E-state index contributed by atoms with van der Waals surface area (Å²) in [5.74, 6) is 0. The fourth-order valence-corrected chi connectivity index (χ4v) is 1.13. The highest BCUT2D eigenvalue weighted by atomic mass is 36.0. The fourth-order valence-electron chi connectivity index (χ4n) is 1.13. The summed E-state index contributed by atoms with van der Waals surface area (Å²) in [6, 6.07) is 16.7. The van der Waals surface area contributed by atoms with Crippen molar-refractivity contribution < 1.29 is 8.42 Å². The van der Waals surface area contributed by atoms with Gasteiger partial charge < -0.3 is 0 Å². The second-order valence-electron chi connectivity index (χ2n) is 2.73. The van der Waals surface area contributed by atoms with Gasteiger partial charge in [-0.25, -0.2) is 0 Å². The minimum atomic E-state index is -3.72. The highest BCUT2D eigenvalue weighted by molar-refractivity contribution is 8.31. The van der Waals surface area contributed by atoms with Gasteiger partial charge in [0, 0.05) is 21.4 Å². The van der Waals surface area contributed by atoms with E-state index >= 15 is 0 Å². The molecule has 0 radical (unpaired) electrons. The van der Waals surface area contributed by atoms with E-state index in [2.05, 4.69) is 63.8 Å². The molecule has 2 nitrogen and oxygen atoms in total. The van der Waals surface area contributed by atoms with Crippen molar-refractivity contribution in [2.24, 2.45) is 0 Å². The number of hydrogen-bond donors (Lipinski definition) is 0. The van der Waals surface area contributed by atoms with Crippen molar-refractivity contribution >= 4 is 29.6 Å². The summed E-state index contributed by atoms with van der Waals surface area (Å²) in [7, 11) is 4.81. The molecular formula is C10H8Cl2O2S. The quantitative estimate of drug-likeness (QED) is 0.682. The van der Waals surface area contributed by atoms with E-state index in [0.29, 0.717) is 0 Å². The van der Waals surface area contributed by atoms with Crippen LogP contribution in [0.3, 0.4) is 0 Å². The molecule has 0 bridgehead atoms. The van der Waals surface area contributed by atoms with Crippen molar-refractivity contribution in [2.75, 3.05) is 0 Å². The predicted octanol–water partition coefficient (Wildman–Crippen LogP) is 3.50. The molecule has 0 aromatic carbocycles. The average molecular weight is 263 g/mol. The van der Waals surface area contributed by atoms with Gasteiger partial charge in [-0.3, -0.25) is 0 Å². The largest absolute Gasteiger partial charge is 0.317 e. The van der Waals surface area contributed by atoms with E-state index in [0.717, 1.165) is 0 Å². The second kappa shape index (κ2) is 5.35. The van der Waals surface area contributed by atoms with Crippen LogP contribution in [0.15, 0.2) is 48.5 Å². The Bertz CT molecular complexity index is 461. The van der Waals surface area contributed by atoms with Gasteiger partial charge in [0.25, 0.3) is 0 Å². The van der Waals surface area contributed by atoms with Crippen LogP contribution in [0.2, 0.25) is 0 Å². The number of rotatable bonds is 0. The van der Waals surface area contributed by atoms with Crippen LogP contribution in [0, 0.1) is 0 Å². The molecule has 0 unspecified atom stereocenters. The summed E-state index contributed by atoms with van der Waals surface area (Å²) in [4.78, 5) is 0. The Balaban J connectivity index is 0.000000195. The van der Waals surface area contributed by atoms with E-state index in [1.54, 1.807) is 0 Å². The van der Waals surface area contributed by atoms with E-state index in [4.69, 9.17) is 8.42 Å². The third kappa shape index (κ3) is 5.62. The second-order valence-corrected chi connectivity index (χ2v) is 6.39. The summed E-state index contributed by atoms with van der Waals surface area (Å²) >= 11 is 0. The van der Waals surface area contributed by atoms with Gasteiger partial charge in [-0.15, -0.1) is 0 Å². The van der Waals surface area contributed by atoms with Crippen molar-refractivity contribution in [2.45, 2.75) is 0 Å². The maximum absolute atomic E-state index is 9.16. The van der Waals surface area contributed by atoms with E-state index in [9.17, 15) is 0 Å². The van der Waals surface area contributed by atoms with Gasteiger partial charge in [0.1, 0.15) is 0 Å². The van der Waals surface area contributed by atoms with Gasteiger partial charge in [-0.05, 0) is 11.1 Å². The Kier molecular flexibility index (Phi) is 4.39. The first-order chi connectivity index (χ1) is 6.97. The summed E-state index contributed by atoms with van der Waals surface area (Å²) in [6.45, 7) is 0. The smallest absolute Gasteiger partial charge is 0.195 e. The lowest BCUT2D eigenvalue weighted by molar-refractivity contribution is 0.621. The van der Waals surface area contributed by atoms with Crippen molar-refractivity contribution in [3.05, 3.63) is 48.5 Å². The predicted molar refractivity (Wildman–Crippen MR) is 63.7 cm³/mol. The molecule has 0 spiro atoms. The van der Waals surface area contributed by atoms with Crippen molar-refractivity contribution in [1.29, 1.82) is 0 Å². The van der Waals surface area contributed by atoms with Gasteiger partial charge in [0.15, 0.2) is 0 Å². The molecule has 0 saturated heterocycles. The summed E-state index contributed by atoms with van der Waals surface area (Å²) in [5.41, 5.74) is 2.62. The molecule has 5 heteroatoms. The van der Waals surface area contributed by atoms with E-state index in [-0.39, 0.29) is 0 Å². The molecule has 0 heterocycles. The number of hydrogen-bond acceptors (Lipinski definition) is 2. The van der Waals surface area contributed by atoms with Crippen LogP contribution >= 0.6 is 21.4 Å². The molecule has 0 atom stereocenters. The van der Waals surface area contributed by atoms with E-state index in [1.165, 1.54) is 11.1 Å². The molecule has 2 rings (SSSR count). The average Bonchev–Trinajstić information content (AvgIpc) is 2.40. The molecule has 2 aliphatic carbocycles. The minimum Gasteiger partial charge on any atom is -0.195 e. The Morgan fingerprint density at radius 3 is 1.47 bits per heavy atom. The molecular weight excluding hydrogens is 255 g/mol. The lowest BCUT2D eigenvalue weighted by atomic mass is 10.2. The zero-order valence-electron chi connectivity index (χ0n) is 7.60. The van der Waals surface area contributed by atoms with Gasteiger partial charge in [-0.1, -0.05) is 48.5 Å². The van der Waals surface area contributed by atoms with Crippen molar-refractivity contribution in [3.63, 3.8) is 0 Å². The third-order valence-electron chi connectivity index (χ3n) is 1.66. The normalized spacial score (nSPS) is 10.5. The first-order valence-corrected chi connectivity index (χ1v) is 7.18. The number of fused-ring (bicyclic) bond motifs is 1. The molecule has 0 aromatic heterocycles. The van der Waals surface area contributed by atoms with Gasteiger partial charge in [0.2, 0.25) is 0 Å². The summed E-state index contributed by atoms with van der Waals surface area (Å²) < 4.78 is 18.3. The van der Waals surface area contributed by atoms with Crippen LogP contribution < -0.4 is 0 Å². The van der Waals surface area contributed by atoms with Crippen molar-refractivity contribution in [3.8, 4) is 11.1 Å². The van der Waals surface area contributed by atoms with Gasteiger partial charge in [-0.2, -0.15) is 8.42 Å². The van der Waals surface area contributed by atoms with E-state index < -0.39 is 8.26 Å². The van der Waals surface area contributed by atoms with Crippen LogP contribution in [-0.4, -0.2) is 8.42 Å². The highest BCUT2D eigenvalue weighted by Gasteiger charge is 1.94. The van der Waals surface area contributed by atoms with E-state index in [1.807, 2.05) is 6.07 Å². The number of halogens is 2. The van der Waals surface area contributed by atoms with Crippen LogP contribution in [0.5, 0.6) is 0 Å². The maximum Gasteiger partial charge on any atom is 0.317 e. The molecule has 0 N–H and O–H groups in total. The molecule has 0 aromatic rings.